The SMILES string of the molecule is CC(C)CC[C@H](O)[C@H](CC1CCCCC1)NC(=O)[C@H](Cc1cn(C(c2ccccc2)(c2ccccc2)c2ccccc2)cn1)N(C)C(=O)[C@H](Cc1ccccc1)OC(=O)N(C)CCN(C)C(=O)N1CCOCC1. The number of aliphatic hydroxyl groups excluding tert-OH is 1. The van der Waals surface area contributed by atoms with E-state index in [0.717, 1.165) is 54.4 Å². The summed E-state index contributed by atoms with van der Waals surface area (Å²) in [4.78, 5) is 68.7. The first-order chi connectivity index (χ1) is 35.3. The third-order valence-electron chi connectivity index (χ3n) is 14.7. The van der Waals surface area contributed by atoms with Gasteiger partial charge in [0.1, 0.15) is 11.6 Å². The van der Waals surface area contributed by atoms with E-state index in [1.165, 1.54) is 16.2 Å². The minimum atomic E-state index is -1.32. The third kappa shape index (κ3) is 14.2. The Bertz CT molecular complexity index is 2380. The fraction of sp³-hybridized carbons (Fsp3) is 0.475. The Morgan fingerprint density at radius 2 is 1.30 bits per heavy atom. The van der Waals surface area contributed by atoms with Gasteiger partial charge in [0.25, 0.3) is 5.91 Å². The number of benzene rings is 4. The Morgan fingerprint density at radius 1 is 0.753 bits per heavy atom. The van der Waals surface area contributed by atoms with Crippen LogP contribution in [0.15, 0.2) is 134 Å². The van der Waals surface area contributed by atoms with E-state index in [-0.39, 0.29) is 32.0 Å². The fourth-order valence-corrected chi connectivity index (χ4v) is 10.4. The van der Waals surface area contributed by atoms with E-state index in [9.17, 15) is 14.7 Å². The summed E-state index contributed by atoms with van der Waals surface area (Å²) < 4.78 is 13.6. The predicted octanol–water partition coefficient (Wildman–Crippen LogP) is 8.41. The molecule has 1 saturated carbocycles. The summed E-state index contributed by atoms with van der Waals surface area (Å²) in [6, 6.07) is 38.3. The Balaban J connectivity index is 1.22. The van der Waals surface area contributed by atoms with Crippen LogP contribution in [-0.2, 0) is 37.4 Å². The first-order valence-electron chi connectivity index (χ1n) is 26.3. The van der Waals surface area contributed by atoms with Gasteiger partial charge in [-0.1, -0.05) is 167 Å². The van der Waals surface area contributed by atoms with Gasteiger partial charge in [-0.25, -0.2) is 14.6 Å². The van der Waals surface area contributed by atoms with Crippen molar-refractivity contribution < 1.29 is 33.8 Å². The minimum Gasteiger partial charge on any atom is -0.436 e. The first kappa shape index (κ1) is 54.3. The average Bonchev–Trinajstić information content (AvgIpc) is 3.90. The molecule has 390 valence electrons. The van der Waals surface area contributed by atoms with Crippen LogP contribution in [0.2, 0.25) is 0 Å². The second-order valence-electron chi connectivity index (χ2n) is 20.4. The lowest BCUT2D eigenvalue weighted by atomic mass is 9.77. The molecule has 2 heterocycles. The van der Waals surface area contributed by atoms with Crippen molar-refractivity contribution in [3.63, 3.8) is 0 Å². The molecule has 1 aliphatic heterocycles. The van der Waals surface area contributed by atoms with Crippen LogP contribution >= 0.6 is 0 Å². The predicted molar refractivity (Wildman–Crippen MR) is 284 cm³/mol. The van der Waals surface area contributed by atoms with Crippen molar-refractivity contribution in [1.29, 1.82) is 0 Å². The van der Waals surface area contributed by atoms with E-state index in [4.69, 9.17) is 14.5 Å². The highest BCUT2D eigenvalue weighted by molar-refractivity contribution is 5.90. The molecule has 4 aromatic carbocycles. The number of ether oxygens (including phenoxy) is 2. The zero-order valence-corrected chi connectivity index (χ0v) is 43.6. The number of hydrogen-bond acceptors (Lipinski definition) is 8. The Hall–Kier alpha value is -6.51. The fourth-order valence-electron chi connectivity index (χ4n) is 10.4. The molecule has 1 aromatic heterocycles. The van der Waals surface area contributed by atoms with Gasteiger partial charge in [-0.05, 0) is 53.4 Å². The average molecular weight is 996 g/mol. The number of imidazole rings is 1. The second-order valence-corrected chi connectivity index (χ2v) is 20.4. The van der Waals surface area contributed by atoms with Crippen LogP contribution in [0.25, 0.3) is 0 Å². The number of nitrogens with zero attached hydrogens (tertiary/aromatic N) is 6. The van der Waals surface area contributed by atoms with Gasteiger partial charge in [-0.2, -0.15) is 0 Å². The number of rotatable bonds is 22. The van der Waals surface area contributed by atoms with E-state index in [1.807, 2.05) is 91.1 Å². The molecule has 1 saturated heterocycles. The Kier molecular flexibility index (Phi) is 19.7. The minimum absolute atomic E-state index is 0.0170. The van der Waals surface area contributed by atoms with Gasteiger partial charge in [-0.3, -0.25) is 9.59 Å². The number of urea groups is 1. The lowest BCUT2D eigenvalue weighted by molar-refractivity contribution is -0.146. The maximum absolute atomic E-state index is 15.3. The van der Waals surface area contributed by atoms with Crippen LogP contribution in [0, 0.1) is 11.8 Å². The smallest absolute Gasteiger partial charge is 0.410 e. The molecular formula is C59H77N7O7. The number of amides is 5. The number of carbonyl (C=O) groups excluding carboxylic acids is 4. The molecular weight excluding hydrogens is 919 g/mol. The van der Waals surface area contributed by atoms with Crippen LogP contribution in [0.5, 0.6) is 0 Å². The van der Waals surface area contributed by atoms with E-state index in [1.54, 1.807) is 37.3 Å². The summed E-state index contributed by atoms with van der Waals surface area (Å²) in [7, 11) is 4.85. The van der Waals surface area contributed by atoms with Crippen molar-refractivity contribution in [2.75, 3.05) is 60.5 Å². The van der Waals surface area contributed by atoms with E-state index < -0.39 is 47.7 Å². The number of nitrogens with one attached hydrogen (secondary N) is 1. The standard InChI is InChI=1S/C59H77N7O7/c1-44(2)31-32-53(67)51(39-45-21-11-6-12-22-45)61-55(68)52(41-50-42-66(43-60-50)59(47-25-15-8-16-26-47,48-27-17-9-18-28-48)49-29-19-10-20-30-49)64(5)56(69)54(40-46-23-13-7-14-24-46)73-58(71)63(4)34-33-62(3)57(70)65-35-37-72-38-36-65/h7-10,13-20,23-30,42-45,51-54,67H,6,11-12,21-22,31-41H2,1-5H3,(H,61,68)/t51-,52-,53-,54-/m0/s1. The number of carbonyl (C=O) groups is 4. The maximum atomic E-state index is 15.3. The molecule has 2 aliphatic rings. The highest BCUT2D eigenvalue weighted by Crippen LogP contribution is 2.41. The summed E-state index contributed by atoms with van der Waals surface area (Å²) in [6.07, 6.45) is 8.42. The molecule has 14 nitrogen and oxygen atoms in total. The molecule has 0 spiro atoms. The lowest BCUT2D eigenvalue weighted by Crippen LogP contribution is -2.56. The zero-order chi connectivity index (χ0) is 51.7. The molecule has 4 atom stereocenters. The first-order valence-corrected chi connectivity index (χ1v) is 26.3. The van der Waals surface area contributed by atoms with Gasteiger partial charge >= 0.3 is 12.1 Å². The van der Waals surface area contributed by atoms with Gasteiger partial charge in [0.05, 0.1) is 37.4 Å². The van der Waals surface area contributed by atoms with Crippen LogP contribution in [0.4, 0.5) is 9.59 Å². The van der Waals surface area contributed by atoms with Crippen molar-refractivity contribution in [2.45, 2.75) is 108 Å². The van der Waals surface area contributed by atoms with Crippen LogP contribution in [0.1, 0.15) is 93.2 Å². The van der Waals surface area contributed by atoms with Crippen molar-refractivity contribution in [3.05, 3.63) is 162 Å². The van der Waals surface area contributed by atoms with Gasteiger partial charge in [0.2, 0.25) is 5.91 Å². The normalized spacial score (nSPS) is 16.0. The molecule has 7 rings (SSSR count). The summed E-state index contributed by atoms with van der Waals surface area (Å²) >= 11 is 0. The van der Waals surface area contributed by atoms with Crippen LogP contribution in [0.3, 0.4) is 0 Å². The monoisotopic (exact) mass is 996 g/mol. The van der Waals surface area contributed by atoms with Gasteiger partial charge in [0.15, 0.2) is 6.10 Å². The molecule has 5 amide bonds. The Labute approximate surface area is 432 Å². The molecule has 0 unspecified atom stereocenters. The summed E-state index contributed by atoms with van der Waals surface area (Å²) in [5, 5.41) is 15.1. The quantitative estimate of drug-likeness (QED) is 0.0657. The van der Waals surface area contributed by atoms with Crippen molar-refractivity contribution in [1.82, 2.24) is 34.5 Å². The molecule has 14 heteroatoms. The largest absolute Gasteiger partial charge is 0.436 e. The molecule has 0 bridgehead atoms. The summed E-state index contributed by atoms with van der Waals surface area (Å²) in [5.74, 6) is -0.275. The molecule has 2 fully saturated rings. The van der Waals surface area contributed by atoms with Gasteiger partial charge in [0, 0.05) is 66.4 Å². The number of likely N-dealkylation sites (N-methyl/N-ethyl adjacent to an activating group) is 3. The zero-order valence-electron chi connectivity index (χ0n) is 43.6. The number of morpholine rings is 1. The van der Waals surface area contributed by atoms with Crippen LogP contribution < -0.4 is 5.32 Å². The van der Waals surface area contributed by atoms with E-state index in [2.05, 4.69) is 60.1 Å². The molecule has 2 N–H and O–H groups in total. The number of aliphatic hydroxyl groups is 1. The third-order valence-corrected chi connectivity index (χ3v) is 14.7. The van der Waals surface area contributed by atoms with Crippen molar-refractivity contribution in [3.8, 4) is 0 Å². The maximum Gasteiger partial charge on any atom is 0.410 e. The van der Waals surface area contributed by atoms with E-state index in [0.29, 0.717) is 56.7 Å². The van der Waals surface area contributed by atoms with Crippen molar-refractivity contribution >= 4 is 23.9 Å². The van der Waals surface area contributed by atoms with Gasteiger partial charge < -0.3 is 44.1 Å². The van der Waals surface area contributed by atoms with Gasteiger partial charge in [-0.15, -0.1) is 0 Å². The molecule has 0 radical (unpaired) electrons. The van der Waals surface area contributed by atoms with Crippen molar-refractivity contribution in [2.24, 2.45) is 11.8 Å². The number of aromatic nitrogens is 2. The highest BCUT2D eigenvalue weighted by atomic mass is 16.6. The molecule has 73 heavy (non-hydrogen) atoms. The lowest BCUT2D eigenvalue weighted by Gasteiger charge is -2.37. The molecule has 1 aliphatic carbocycles. The van der Waals surface area contributed by atoms with Crippen LogP contribution in [-0.4, -0.2) is 143 Å². The summed E-state index contributed by atoms with van der Waals surface area (Å²) in [5.41, 5.74) is 3.47. The Morgan fingerprint density at radius 3 is 1.86 bits per heavy atom. The molecule has 5 aromatic rings. The second kappa shape index (κ2) is 26.4. The number of hydrogen-bond donors (Lipinski definition) is 2. The highest BCUT2D eigenvalue weighted by Gasteiger charge is 2.40. The van der Waals surface area contributed by atoms with E-state index >= 15 is 9.59 Å². The summed E-state index contributed by atoms with van der Waals surface area (Å²) in [6.45, 7) is 6.58. The topological polar surface area (TPSA) is 150 Å².